The highest BCUT2D eigenvalue weighted by molar-refractivity contribution is 6.05. The molecule has 0 heterocycles. The fourth-order valence-corrected chi connectivity index (χ4v) is 1.97. The van der Waals surface area contributed by atoms with Crippen LogP contribution in [0.1, 0.15) is 10.4 Å². The zero-order valence-corrected chi connectivity index (χ0v) is 11.3. The summed E-state index contributed by atoms with van der Waals surface area (Å²) < 4.78 is 5.05. The SMILES string of the molecule is COc1ccc(N(C(N)=O)c2ccccc2C(=O)O)cc1. The first-order valence-corrected chi connectivity index (χ1v) is 6.10. The second kappa shape index (κ2) is 5.96. The molecule has 0 aliphatic heterocycles. The molecule has 2 amide bonds. The van der Waals surface area contributed by atoms with E-state index in [1.54, 1.807) is 36.4 Å². The van der Waals surface area contributed by atoms with E-state index in [1.807, 2.05) is 0 Å². The number of hydrogen-bond donors (Lipinski definition) is 2. The average Bonchev–Trinajstić information content (AvgIpc) is 2.48. The van der Waals surface area contributed by atoms with Crippen LogP contribution in [0, 0.1) is 0 Å². The molecule has 0 radical (unpaired) electrons. The van der Waals surface area contributed by atoms with E-state index in [4.69, 9.17) is 10.5 Å². The summed E-state index contributed by atoms with van der Waals surface area (Å²) >= 11 is 0. The van der Waals surface area contributed by atoms with E-state index < -0.39 is 12.0 Å². The van der Waals surface area contributed by atoms with Gasteiger partial charge in [0.25, 0.3) is 0 Å². The number of urea groups is 1. The van der Waals surface area contributed by atoms with Crippen molar-refractivity contribution in [3.63, 3.8) is 0 Å². The zero-order chi connectivity index (χ0) is 15.4. The fraction of sp³-hybridized carbons (Fsp3) is 0.0667. The molecule has 0 fully saturated rings. The third-order valence-corrected chi connectivity index (χ3v) is 2.93. The molecule has 0 aromatic heterocycles. The minimum atomic E-state index is -1.13. The molecule has 21 heavy (non-hydrogen) atoms. The Hall–Kier alpha value is -3.02. The van der Waals surface area contributed by atoms with Crippen molar-refractivity contribution in [1.82, 2.24) is 0 Å². The third-order valence-electron chi connectivity index (χ3n) is 2.93. The van der Waals surface area contributed by atoms with E-state index in [9.17, 15) is 14.7 Å². The van der Waals surface area contributed by atoms with Crippen LogP contribution in [0.25, 0.3) is 0 Å². The number of hydrogen-bond acceptors (Lipinski definition) is 3. The molecule has 0 unspecified atom stereocenters. The van der Waals surface area contributed by atoms with Gasteiger partial charge in [-0.05, 0) is 36.4 Å². The molecular formula is C15H14N2O4. The van der Waals surface area contributed by atoms with Gasteiger partial charge in [0.2, 0.25) is 0 Å². The monoisotopic (exact) mass is 286 g/mol. The number of amides is 2. The van der Waals surface area contributed by atoms with Gasteiger partial charge in [-0.2, -0.15) is 0 Å². The Bertz CT molecular complexity index is 668. The maximum absolute atomic E-state index is 11.8. The first-order valence-electron chi connectivity index (χ1n) is 6.10. The number of ether oxygens (including phenoxy) is 1. The summed E-state index contributed by atoms with van der Waals surface area (Å²) in [5.41, 5.74) is 6.06. The van der Waals surface area contributed by atoms with E-state index in [2.05, 4.69) is 0 Å². The lowest BCUT2D eigenvalue weighted by Crippen LogP contribution is -2.32. The van der Waals surface area contributed by atoms with Gasteiger partial charge in [0.15, 0.2) is 0 Å². The summed E-state index contributed by atoms with van der Waals surface area (Å²) in [6.45, 7) is 0. The number of carbonyl (C=O) groups is 2. The normalized spacial score (nSPS) is 9.95. The molecule has 6 nitrogen and oxygen atoms in total. The number of rotatable bonds is 4. The molecule has 0 aliphatic carbocycles. The predicted octanol–water partition coefficient (Wildman–Crippen LogP) is 2.61. The van der Waals surface area contributed by atoms with Gasteiger partial charge in [0.05, 0.1) is 24.0 Å². The van der Waals surface area contributed by atoms with Crippen molar-refractivity contribution >= 4 is 23.4 Å². The van der Waals surface area contributed by atoms with Crippen molar-refractivity contribution in [2.45, 2.75) is 0 Å². The molecule has 0 saturated heterocycles. The van der Waals surface area contributed by atoms with Crippen LogP contribution >= 0.6 is 0 Å². The van der Waals surface area contributed by atoms with Gasteiger partial charge in [-0.3, -0.25) is 4.90 Å². The van der Waals surface area contributed by atoms with E-state index >= 15 is 0 Å². The zero-order valence-electron chi connectivity index (χ0n) is 11.3. The summed E-state index contributed by atoms with van der Waals surface area (Å²) in [6, 6.07) is 12.0. The van der Waals surface area contributed by atoms with E-state index in [0.29, 0.717) is 11.4 Å². The van der Waals surface area contributed by atoms with Crippen molar-refractivity contribution in [2.75, 3.05) is 12.0 Å². The van der Waals surface area contributed by atoms with E-state index in [-0.39, 0.29) is 11.3 Å². The Kier molecular flexibility index (Phi) is 4.08. The van der Waals surface area contributed by atoms with Gasteiger partial charge >= 0.3 is 12.0 Å². The van der Waals surface area contributed by atoms with Crippen LogP contribution in [0.4, 0.5) is 16.2 Å². The Morgan fingerprint density at radius 2 is 1.71 bits per heavy atom. The number of carboxylic acid groups (broad SMARTS) is 1. The van der Waals surface area contributed by atoms with Crippen LogP contribution in [0.2, 0.25) is 0 Å². The number of primary amides is 1. The molecule has 2 rings (SSSR count). The van der Waals surface area contributed by atoms with Crippen LogP contribution in [0.15, 0.2) is 48.5 Å². The molecule has 0 atom stereocenters. The highest BCUT2D eigenvalue weighted by atomic mass is 16.5. The number of nitrogens with zero attached hydrogens (tertiary/aromatic N) is 1. The number of methoxy groups -OCH3 is 1. The lowest BCUT2D eigenvalue weighted by molar-refractivity contribution is 0.0698. The Morgan fingerprint density at radius 1 is 1.10 bits per heavy atom. The largest absolute Gasteiger partial charge is 0.497 e. The number of carbonyl (C=O) groups excluding carboxylic acids is 1. The highest BCUT2D eigenvalue weighted by Gasteiger charge is 2.21. The van der Waals surface area contributed by atoms with E-state index in [0.717, 1.165) is 4.90 Å². The third kappa shape index (κ3) is 2.94. The Balaban J connectivity index is 2.53. The molecule has 0 aliphatic rings. The Labute approximate surface area is 121 Å². The molecule has 108 valence electrons. The van der Waals surface area contributed by atoms with Crippen molar-refractivity contribution in [1.29, 1.82) is 0 Å². The van der Waals surface area contributed by atoms with Crippen molar-refractivity contribution in [3.05, 3.63) is 54.1 Å². The summed E-state index contributed by atoms with van der Waals surface area (Å²) in [5, 5.41) is 9.23. The van der Waals surface area contributed by atoms with Gasteiger partial charge in [0, 0.05) is 0 Å². The summed E-state index contributed by atoms with van der Waals surface area (Å²) in [5.74, 6) is -0.514. The van der Waals surface area contributed by atoms with Crippen LogP contribution in [-0.2, 0) is 0 Å². The van der Waals surface area contributed by atoms with Crippen LogP contribution < -0.4 is 15.4 Å². The van der Waals surface area contributed by atoms with E-state index in [1.165, 1.54) is 19.2 Å². The van der Waals surface area contributed by atoms with Crippen molar-refractivity contribution in [2.24, 2.45) is 5.73 Å². The lowest BCUT2D eigenvalue weighted by Gasteiger charge is -2.22. The second-order valence-corrected chi connectivity index (χ2v) is 4.19. The number of carboxylic acids is 1. The first kappa shape index (κ1) is 14.4. The minimum absolute atomic E-state index is 0.00730. The lowest BCUT2D eigenvalue weighted by atomic mass is 10.1. The van der Waals surface area contributed by atoms with Crippen LogP contribution in [-0.4, -0.2) is 24.2 Å². The standard InChI is InChI=1S/C15H14N2O4/c1-21-11-8-6-10(7-9-11)17(15(16)20)13-5-3-2-4-12(13)14(18)19/h2-9H,1H3,(H2,16,20)(H,18,19). The second-order valence-electron chi connectivity index (χ2n) is 4.19. The highest BCUT2D eigenvalue weighted by Crippen LogP contribution is 2.29. The van der Waals surface area contributed by atoms with Crippen LogP contribution in [0.3, 0.4) is 0 Å². The number of anilines is 2. The number of nitrogens with two attached hydrogens (primary N) is 1. The number of benzene rings is 2. The number of para-hydroxylation sites is 1. The topological polar surface area (TPSA) is 92.9 Å². The molecular weight excluding hydrogens is 272 g/mol. The molecule has 0 spiro atoms. The predicted molar refractivity (Wildman–Crippen MR) is 78.1 cm³/mol. The summed E-state index contributed by atoms with van der Waals surface area (Å²) in [6.07, 6.45) is 0. The van der Waals surface area contributed by atoms with Gasteiger partial charge in [-0.15, -0.1) is 0 Å². The summed E-state index contributed by atoms with van der Waals surface area (Å²) in [4.78, 5) is 24.2. The molecule has 0 bridgehead atoms. The smallest absolute Gasteiger partial charge is 0.337 e. The maximum atomic E-state index is 11.8. The van der Waals surface area contributed by atoms with Crippen molar-refractivity contribution in [3.8, 4) is 5.75 Å². The fourth-order valence-electron chi connectivity index (χ4n) is 1.97. The summed E-state index contributed by atoms with van der Waals surface area (Å²) in [7, 11) is 1.53. The average molecular weight is 286 g/mol. The molecule has 6 heteroatoms. The van der Waals surface area contributed by atoms with Crippen molar-refractivity contribution < 1.29 is 19.4 Å². The Morgan fingerprint density at radius 3 is 2.24 bits per heavy atom. The molecule has 2 aromatic carbocycles. The molecule has 2 aromatic rings. The van der Waals surface area contributed by atoms with Gasteiger partial charge in [-0.25, -0.2) is 9.59 Å². The van der Waals surface area contributed by atoms with Gasteiger partial charge in [-0.1, -0.05) is 12.1 Å². The molecule has 3 N–H and O–H groups in total. The first-order chi connectivity index (χ1) is 10.0. The maximum Gasteiger partial charge on any atom is 0.337 e. The van der Waals surface area contributed by atoms with Crippen LogP contribution in [0.5, 0.6) is 5.75 Å². The molecule has 0 saturated carbocycles. The minimum Gasteiger partial charge on any atom is -0.497 e. The quantitative estimate of drug-likeness (QED) is 0.903. The van der Waals surface area contributed by atoms with Gasteiger partial charge in [0.1, 0.15) is 5.75 Å². The van der Waals surface area contributed by atoms with Gasteiger partial charge < -0.3 is 15.6 Å². The number of aromatic carboxylic acids is 1.